The summed E-state index contributed by atoms with van der Waals surface area (Å²) in [6.07, 6.45) is 0.322. The summed E-state index contributed by atoms with van der Waals surface area (Å²) in [7, 11) is 1.55. The van der Waals surface area contributed by atoms with Gasteiger partial charge in [-0.2, -0.15) is 0 Å². The van der Waals surface area contributed by atoms with Gasteiger partial charge in [-0.05, 0) is 6.92 Å². The third-order valence-electron chi connectivity index (χ3n) is 1.43. The van der Waals surface area contributed by atoms with Crippen LogP contribution in [0.4, 0.5) is 5.82 Å². The van der Waals surface area contributed by atoms with Crippen LogP contribution in [0.5, 0.6) is 0 Å². The fraction of sp³-hybridized carbons (Fsp3) is 0.500. The van der Waals surface area contributed by atoms with E-state index in [9.17, 15) is 4.79 Å². The van der Waals surface area contributed by atoms with Gasteiger partial charge in [-0.25, -0.2) is 0 Å². The van der Waals surface area contributed by atoms with Crippen LogP contribution in [-0.4, -0.2) is 24.8 Å². The van der Waals surface area contributed by atoms with Crippen molar-refractivity contribution in [1.29, 1.82) is 0 Å². The minimum absolute atomic E-state index is 0.129. The number of ether oxygens (including phenoxy) is 1. The highest BCUT2D eigenvalue weighted by Crippen LogP contribution is 2.06. The van der Waals surface area contributed by atoms with Crippen LogP contribution in [0.15, 0.2) is 10.6 Å². The fourth-order valence-corrected chi connectivity index (χ4v) is 0.825. The number of methoxy groups -OCH3 is 1. The Morgan fingerprint density at radius 1 is 1.77 bits per heavy atom. The molecule has 0 fully saturated rings. The number of anilines is 1. The molecule has 1 amide bonds. The van der Waals surface area contributed by atoms with Crippen molar-refractivity contribution < 1.29 is 14.1 Å². The summed E-state index contributed by atoms with van der Waals surface area (Å²) in [6.45, 7) is 2.17. The average molecular weight is 184 g/mol. The first-order valence-corrected chi connectivity index (χ1v) is 3.94. The lowest BCUT2D eigenvalue weighted by Gasteiger charge is -1.98. The van der Waals surface area contributed by atoms with Crippen molar-refractivity contribution in [3.05, 3.63) is 11.8 Å². The number of hydrogen-bond donors (Lipinski definition) is 1. The van der Waals surface area contributed by atoms with Gasteiger partial charge in [0, 0.05) is 13.2 Å². The van der Waals surface area contributed by atoms with Crippen LogP contribution >= 0.6 is 0 Å². The number of nitrogens with one attached hydrogen (secondary N) is 1. The molecule has 5 heteroatoms. The van der Waals surface area contributed by atoms with Gasteiger partial charge in [-0.3, -0.25) is 4.79 Å². The normalized spacial score (nSPS) is 10.0. The number of nitrogens with zero attached hydrogens (tertiary/aromatic N) is 1. The SMILES string of the molecule is COCCC(=O)Nc1cc(C)on1. The molecule has 5 nitrogen and oxygen atoms in total. The third-order valence-corrected chi connectivity index (χ3v) is 1.43. The van der Waals surface area contributed by atoms with E-state index in [1.807, 2.05) is 0 Å². The van der Waals surface area contributed by atoms with E-state index >= 15 is 0 Å². The first-order chi connectivity index (χ1) is 6.22. The van der Waals surface area contributed by atoms with Crippen LogP contribution in [0, 0.1) is 6.92 Å². The molecule has 0 bridgehead atoms. The molecule has 72 valence electrons. The maximum atomic E-state index is 11.1. The lowest BCUT2D eigenvalue weighted by molar-refractivity contribution is -0.117. The van der Waals surface area contributed by atoms with E-state index in [2.05, 4.69) is 10.5 Å². The van der Waals surface area contributed by atoms with Crippen LogP contribution < -0.4 is 5.32 Å². The Bertz CT molecular complexity index is 283. The topological polar surface area (TPSA) is 64.4 Å². The molecule has 0 aliphatic heterocycles. The molecule has 0 atom stereocenters. The van der Waals surface area contributed by atoms with Crippen molar-refractivity contribution in [2.75, 3.05) is 19.0 Å². The molecule has 0 radical (unpaired) electrons. The minimum Gasteiger partial charge on any atom is -0.384 e. The molecule has 13 heavy (non-hydrogen) atoms. The summed E-state index contributed by atoms with van der Waals surface area (Å²) < 4.78 is 9.52. The van der Waals surface area contributed by atoms with Gasteiger partial charge in [-0.1, -0.05) is 5.16 Å². The molecule has 0 spiro atoms. The Morgan fingerprint density at radius 3 is 3.08 bits per heavy atom. The van der Waals surface area contributed by atoms with Crippen LogP contribution in [0.1, 0.15) is 12.2 Å². The molecule has 0 aromatic carbocycles. The van der Waals surface area contributed by atoms with E-state index in [4.69, 9.17) is 9.26 Å². The Labute approximate surface area is 76.0 Å². The number of rotatable bonds is 4. The summed E-state index contributed by atoms with van der Waals surface area (Å²) in [6, 6.07) is 1.66. The molecular formula is C8H12N2O3. The maximum Gasteiger partial charge on any atom is 0.227 e. The standard InChI is InChI=1S/C8H12N2O3/c1-6-5-7(10-13-6)9-8(11)3-4-12-2/h5H,3-4H2,1-2H3,(H,9,10,11). The Kier molecular flexibility index (Phi) is 3.45. The molecule has 0 saturated heterocycles. The number of carbonyl (C=O) groups excluding carboxylic acids is 1. The Morgan fingerprint density at radius 2 is 2.54 bits per heavy atom. The number of amides is 1. The second-order valence-electron chi connectivity index (χ2n) is 2.61. The monoisotopic (exact) mass is 184 g/mol. The smallest absolute Gasteiger partial charge is 0.227 e. The Balaban J connectivity index is 2.36. The largest absolute Gasteiger partial charge is 0.384 e. The zero-order chi connectivity index (χ0) is 9.68. The molecule has 1 rings (SSSR count). The van der Waals surface area contributed by atoms with E-state index < -0.39 is 0 Å². The quantitative estimate of drug-likeness (QED) is 0.756. The van der Waals surface area contributed by atoms with Crippen molar-refractivity contribution in [3.63, 3.8) is 0 Å². The summed E-state index contributed by atoms with van der Waals surface area (Å²) in [4.78, 5) is 11.1. The molecule has 1 aromatic heterocycles. The van der Waals surface area contributed by atoms with E-state index in [0.29, 0.717) is 24.6 Å². The maximum absolute atomic E-state index is 11.1. The Hall–Kier alpha value is -1.36. The third kappa shape index (κ3) is 3.25. The summed E-state index contributed by atoms with van der Waals surface area (Å²) in [5.74, 6) is 0.982. The van der Waals surface area contributed by atoms with Crippen LogP contribution in [-0.2, 0) is 9.53 Å². The number of hydrogen-bond acceptors (Lipinski definition) is 4. The highest BCUT2D eigenvalue weighted by atomic mass is 16.5. The van der Waals surface area contributed by atoms with Crippen LogP contribution in [0.3, 0.4) is 0 Å². The van der Waals surface area contributed by atoms with Gasteiger partial charge in [0.1, 0.15) is 5.76 Å². The summed E-state index contributed by atoms with van der Waals surface area (Å²) in [5.41, 5.74) is 0. The molecule has 0 aliphatic rings. The number of aryl methyl sites for hydroxylation is 1. The highest BCUT2D eigenvalue weighted by molar-refractivity contribution is 5.89. The van der Waals surface area contributed by atoms with Gasteiger partial charge in [-0.15, -0.1) is 0 Å². The summed E-state index contributed by atoms with van der Waals surface area (Å²) >= 11 is 0. The minimum atomic E-state index is -0.129. The molecule has 0 saturated carbocycles. The van der Waals surface area contributed by atoms with Gasteiger partial charge in [0.2, 0.25) is 5.91 Å². The van der Waals surface area contributed by atoms with E-state index in [1.54, 1.807) is 20.1 Å². The summed E-state index contributed by atoms with van der Waals surface area (Å²) in [5, 5.41) is 6.19. The van der Waals surface area contributed by atoms with Crippen molar-refractivity contribution in [2.24, 2.45) is 0 Å². The second-order valence-corrected chi connectivity index (χ2v) is 2.61. The van der Waals surface area contributed by atoms with Gasteiger partial charge in [0.05, 0.1) is 13.0 Å². The lowest BCUT2D eigenvalue weighted by atomic mass is 10.4. The van der Waals surface area contributed by atoms with E-state index in [-0.39, 0.29) is 5.91 Å². The van der Waals surface area contributed by atoms with Crippen LogP contribution in [0.25, 0.3) is 0 Å². The lowest BCUT2D eigenvalue weighted by Crippen LogP contribution is -2.13. The zero-order valence-electron chi connectivity index (χ0n) is 7.66. The molecule has 0 aliphatic carbocycles. The average Bonchev–Trinajstić information content (AvgIpc) is 2.48. The molecule has 1 N–H and O–H groups in total. The first kappa shape index (κ1) is 9.73. The highest BCUT2D eigenvalue weighted by Gasteiger charge is 2.04. The van der Waals surface area contributed by atoms with Gasteiger partial charge >= 0.3 is 0 Å². The molecule has 1 aromatic rings. The second kappa shape index (κ2) is 4.61. The predicted molar refractivity (Wildman–Crippen MR) is 46.4 cm³/mol. The number of carbonyl (C=O) groups is 1. The fourth-order valence-electron chi connectivity index (χ4n) is 0.825. The van der Waals surface area contributed by atoms with Crippen molar-refractivity contribution in [3.8, 4) is 0 Å². The van der Waals surface area contributed by atoms with Crippen molar-refractivity contribution in [2.45, 2.75) is 13.3 Å². The van der Waals surface area contributed by atoms with Crippen LogP contribution in [0.2, 0.25) is 0 Å². The first-order valence-electron chi connectivity index (χ1n) is 3.94. The van der Waals surface area contributed by atoms with Gasteiger partial charge in [0.25, 0.3) is 0 Å². The van der Waals surface area contributed by atoms with E-state index in [0.717, 1.165) is 0 Å². The molecule has 1 heterocycles. The van der Waals surface area contributed by atoms with E-state index in [1.165, 1.54) is 0 Å². The number of aromatic nitrogens is 1. The predicted octanol–water partition coefficient (Wildman–Crippen LogP) is 0.958. The van der Waals surface area contributed by atoms with Gasteiger partial charge in [0.15, 0.2) is 5.82 Å². The molecular weight excluding hydrogens is 172 g/mol. The zero-order valence-corrected chi connectivity index (χ0v) is 7.66. The molecule has 0 unspecified atom stereocenters. The van der Waals surface area contributed by atoms with Gasteiger partial charge < -0.3 is 14.6 Å². The van der Waals surface area contributed by atoms with Crippen molar-refractivity contribution >= 4 is 11.7 Å². The van der Waals surface area contributed by atoms with Crippen molar-refractivity contribution in [1.82, 2.24) is 5.16 Å².